The van der Waals surface area contributed by atoms with Crippen molar-refractivity contribution in [2.75, 3.05) is 20.3 Å². The molecule has 0 unspecified atom stereocenters. The van der Waals surface area contributed by atoms with Gasteiger partial charge in [0.1, 0.15) is 5.75 Å². The fourth-order valence-corrected chi connectivity index (χ4v) is 3.56. The van der Waals surface area contributed by atoms with Crippen LogP contribution in [0.4, 0.5) is 0 Å². The molecule has 1 rings (SSSR count). The van der Waals surface area contributed by atoms with Gasteiger partial charge in [0.25, 0.3) is 0 Å². The van der Waals surface area contributed by atoms with Gasteiger partial charge >= 0.3 is 7.60 Å². The third-order valence-corrected chi connectivity index (χ3v) is 4.73. The highest BCUT2D eigenvalue weighted by atomic mass is 31.2. The molecular weight excluding hydrogens is 279 g/mol. The summed E-state index contributed by atoms with van der Waals surface area (Å²) >= 11 is 0. The summed E-state index contributed by atoms with van der Waals surface area (Å²) in [6, 6.07) is 5.10. The Bertz CT molecular complexity index is 502. The topological polar surface area (TPSA) is 61.8 Å². The van der Waals surface area contributed by atoms with E-state index in [0.29, 0.717) is 24.5 Å². The summed E-state index contributed by atoms with van der Waals surface area (Å²) < 4.78 is 28.1. The zero-order valence-corrected chi connectivity index (χ0v) is 13.2. The van der Waals surface area contributed by atoms with E-state index in [1.807, 2.05) is 0 Å². The Kier molecular flexibility index (Phi) is 6.40. The van der Waals surface area contributed by atoms with Crippen molar-refractivity contribution >= 4 is 13.4 Å². The summed E-state index contributed by atoms with van der Waals surface area (Å²) in [4.78, 5) is 11.4. The van der Waals surface area contributed by atoms with Gasteiger partial charge in [-0.2, -0.15) is 0 Å². The standard InChI is InChI=1S/C14H21O5P/c1-5-18-20(16,19-6-2)10-12-7-8-13(11(3)15)14(9-12)17-4/h7-9H,5-6,10H2,1-4H3. The monoisotopic (exact) mass is 300 g/mol. The van der Waals surface area contributed by atoms with Crippen molar-refractivity contribution in [2.24, 2.45) is 0 Å². The molecule has 0 saturated carbocycles. The highest BCUT2D eigenvalue weighted by Gasteiger charge is 2.24. The van der Waals surface area contributed by atoms with Crippen LogP contribution in [-0.2, 0) is 19.8 Å². The Morgan fingerprint density at radius 1 is 1.20 bits per heavy atom. The number of ketones is 1. The first-order valence-corrected chi connectivity index (χ1v) is 8.24. The van der Waals surface area contributed by atoms with Gasteiger partial charge in [-0.25, -0.2) is 0 Å². The van der Waals surface area contributed by atoms with Crippen molar-refractivity contribution in [1.82, 2.24) is 0 Å². The predicted octanol–water partition coefficient (Wildman–Crippen LogP) is 3.66. The van der Waals surface area contributed by atoms with Gasteiger partial charge in [0, 0.05) is 0 Å². The number of rotatable bonds is 8. The van der Waals surface area contributed by atoms with E-state index in [1.165, 1.54) is 14.0 Å². The Morgan fingerprint density at radius 3 is 2.25 bits per heavy atom. The van der Waals surface area contributed by atoms with Crippen molar-refractivity contribution in [1.29, 1.82) is 0 Å². The minimum absolute atomic E-state index is 0.0776. The van der Waals surface area contributed by atoms with Gasteiger partial charge in [-0.15, -0.1) is 0 Å². The van der Waals surface area contributed by atoms with E-state index in [9.17, 15) is 9.36 Å². The zero-order chi connectivity index (χ0) is 15.2. The number of ether oxygens (including phenoxy) is 1. The Morgan fingerprint density at radius 2 is 1.80 bits per heavy atom. The van der Waals surface area contributed by atoms with Gasteiger partial charge in [-0.05, 0) is 38.5 Å². The largest absolute Gasteiger partial charge is 0.496 e. The third kappa shape index (κ3) is 4.44. The number of benzene rings is 1. The molecule has 0 aliphatic heterocycles. The SMILES string of the molecule is CCOP(=O)(Cc1ccc(C(C)=O)c(OC)c1)OCC. The molecule has 0 aliphatic rings. The summed E-state index contributed by atoms with van der Waals surface area (Å²) in [5, 5.41) is 0. The molecule has 1 aromatic rings. The lowest BCUT2D eigenvalue weighted by Gasteiger charge is -2.17. The maximum absolute atomic E-state index is 12.4. The zero-order valence-electron chi connectivity index (χ0n) is 12.3. The number of methoxy groups -OCH3 is 1. The van der Waals surface area contributed by atoms with E-state index in [-0.39, 0.29) is 11.9 Å². The van der Waals surface area contributed by atoms with Crippen LogP contribution in [0.3, 0.4) is 0 Å². The average molecular weight is 300 g/mol. The minimum Gasteiger partial charge on any atom is -0.496 e. The van der Waals surface area contributed by atoms with E-state index in [1.54, 1.807) is 32.0 Å². The van der Waals surface area contributed by atoms with Crippen LogP contribution in [-0.4, -0.2) is 26.1 Å². The second-order valence-corrected chi connectivity index (χ2v) is 6.25. The van der Waals surface area contributed by atoms with Gasteiger partial charge < -0.3 is 13.8 Å². The molecule has 0 atom stereocenters. The number of hydrogen-bond donors (Lipinski definition) is 0. The number of hydrogen-bond acceptors (Lipinski definition) is 5. The molecule has 0 amide bonds. The first kappa shape index (κ1) is 16.9. The molecule has 0 N–H and O–H groups in total. The fraction of sp³-hybridized carbons (Fsp3) is 0.500. The van der Waals surface area contributed by atoms with Crippen LogP contribution >= 0.6 is 7.60 Å². The van der Waals surface area contributed by atoms with Crippen molar-refractivity contribution in [3.63, 3.8) is 0 Å². The normalized spacial score (nSPS) is 11.4. The van der Waals surface area contributed by atoms with E-state index < -0.39 is 7.60 Å². The molecule has 0 heterocycles. The van der Waals surface area contributed by atoms with Crippen LogP contribution in [0.1, 0.15) is 36.7 Å². The first-order valence-electron chi connectivity index (χ1n) is 6.51. The van der Waals surface area contributed by atoms with E-state index >= 15 is 0 Å². The summed E-state index contributed by atoms with van der Waals surface area (Å²) in [6.07, 6.45) is 0.156. The summed E-state index contributed by atoms with van der Waals surface area (Å²) in [5.74, 6) is 0.390. The maximum Gasteiger partial charge on any atom is 0.335 e. The minimum atomic E-state index is -3.15. The molecule has 112 valence electrons. The molecule has 0 aromatic heterocycles. The maximum atomic E-state index is 12.4. The fourth-order valence-electron chi connectivity index (χ4n) is 1.87. The highest BCUT2D eigenvalue weighted by molar-refractivity contribution is 7.53. The van der Waals surface area contributed by atoms with Gasteiger partial charge in [0.05, 0.1) is 32.0 Å². The van der Waals surface area contributed by atoms with E-state index in [0.717, 1.165) is 5.56 Å². The van der Waals surface area contributed by atoms with Gasteiger partial charge in [-0.3, -0.25) is 9.36 Å². The van der Waals surface area contributed by atoms with Crippen molar-refractivity contribution in [2.45, 2.75) is 26.9 Å². The smallest absolute Gasteiger partial charge is 0.335 e. The molecule has 1 aromatic carbocycles. The van der Waals surface area contributed by atoms with Crippen LogP contribution in [0.5, 0.6) is 5.75 Å². The molecule has 6 heteroatoms. The average Bonchev–Trinajstić information content (AvgIpc) is 2.38. The first-order chi connectivity index (χ1) is 9.45. The van der Waals surface area contributed by atoms with Crippen molar-refractivity contribution in [3.05, 3.63) is 29.3 Å². The molecule has 5 nitrogen and oxygen atoms in total. The van der Waals surface area contributed by atoms with Gasteiger partial charge in [-0.1, -0.05) is 6.07 Å². The molecule has 0 bridgehead atoms. The molecule has 0 spiro atoms. The van der Waals surface area contributed by atoms with E-state index in [4.69, 9.17) is 13.8 Å². The van der Waals surface area contributed by atoms with Crippen molar-refractivity contribution in [3.8, 4) is 5.75 Å². The summed E-state index contributed by atoms with van der Waals surface area (Å²) in [6.45, 7) is 5.65. The molecule has 20 heavy (non-hydrogen) atoms. The second kappa shape index (κ2) is 7.58. The molecule has 0 fully saturated rings. The number of carbonyl (C=O) groups is 1. The quantitative estimate of drug-likeness (QED) is 0.541. The Hall–Kier alpha value is -1.16. The molecular formula is C14H21O5P. The number of carbonyl (C=O) groups excluding carboxylic acids is 1. The third-order valence-electron chi connectivity index (χ3n) is 2.67. The Balaban J connectivity index is 3.02. The van der Waals surface area contributed by atoms with Crippen LogP contribution in [0.15, 0.2) is 18.2 Å². The van der Waals surface area contributed by atoms with Gasteiger partial charge in [0.15, 0.2) is 5.78 Å². The predicted molar refractivity (Wildman–Crippen MR) is 77.6 cm³/mol. The molecule has 0 radical (unpaired) electrons. The Labute approximate surface area is 119 Å². The van der Waals surface area contributed by atoms with Crippen LogP contribution < -0.4 is 4.74 Å². The van der Waals surface area contributed by atoms with Crippen molar-refractivity contribution < 1.29 is 23.1 Å². The van der Waals surface area contributed by atoms with Crippen LogP contribution in [0.25, 0.3) is 0 Å². The number of Topliss-reactive ketones (excluding diaryl/α,β-unsaturated/α-hetero) is 1. The molecule has 0 aliphatic carbocycles. The lowest BCUT2D eigenvalue weighted by Crippen LogP contribution is -2.02. The lowest BCUT2D eigenvalue weighted by molar-refractivity contribution is 0.101. The lowest BCUT2D eigenvalue weighted by atomic mass is 10.1. The summed E-state index contributed by atoms with van der Waals surface area (Å²) in [5.41, 5.74) is 1.25. The van der Waals surface area contributed by atoms with Crippen LogP contribution in [0, 0.1) is 0 Å². The highest BCUT2D eigenvalue weighted by Crippen LogP contribution is 2.51. The second-order valence-electron chi connectivity index (χ2n) is 4.20. The van der Waals surface area contributed by atoms with Crippen LogP contribution in [0.2, 0.25) is 0 Å². The molecule has 0 saturated heterocycles. The van der Waals surface area contributed by atoms with Gasteiger partial charge in [0.2, 0.25) is 0 Å². The van der Waals surface area contributed by atoms with E-state index in [2.05, 4.69) is 0 Å². The summed E-state index contributed by atoms with van der Waals surface area (Å²) in [7, 11) is -1.65.